The summed E-state index contributed by atoms with van der Waals surface area (Å²) in [4.78, 5) is 24.3. The van der Waals surface area contributed by atoms with Gasteiger partial charge in [-0.15, -0.1) is 0 Å². The Morgan fingerprint density at radius 3 is 2.38 bits per heavy atom. The molecule has 1 saturated heterocycles. The van der Waals surface area contributed by atoms with Gasteiger partial charge in [-0.1, -0.05) is 6.92 Å². The monoisotopic (exact) mass is 229 g/mol. The molecule has 0 aliphatic carbocycles. The highest BCUT2D eigenvalue weighted by atomic mass is 16.5. The van der Waals surface area contributed by atoms with Crippen LogP contribution in [0.25, 0.3) is 0 Å². The number of ether oxygens (including phenoxy) is 1. The van der Waals surface area contributed by atoms with Gasteiger partial charge in [0.25, 0.3) is 5.91 Å². The molecular weight excluding hydrogens is 210 g/mol. The van der Waals surface area contributed by atoms with Gasteiger partial charge in [0, 0.05) is 13.1 Å². The van der Waals surface area contributed by atoms with E-state index < -0.39 is 18.2 Å². The average molecular weight is 229 g/mol. The number of hydrogen-bond donors (Lipinski definition) is 1. The van der Waals surface area contributed by atoms with Crippen molar-refractivity contribution in [1.82, 2.24) is 4.90 Å². The SMILES string of the molecule is CCCN(CC)C(=O)[C@@H]1CC[C@H](C(=O)O)O1. The zero-order valence-corrected chi connectivity index (χ0v) is 9.81. The Hall–Kier alpha value is -1.10. The second kappa shape index (κ2) is 5.84. The number of carboxylic acids is 1. The van der Waals surface area contributed by atoms with Crippen LogP contribution < -0.4 is 0 Å². The van der Waals surface area contributed by atoms with Crippen molar-refractivity contribution in [1.29, 1.82) is 0 Å². The van der Waals surface area contributed by atoms with E-state index in [9.17, 15) is 9.59 Å². The first-order chi connectivity index (χ1) is 7.60. The van der Waals surface area contributed by atoms with E-state index in [2.05, 4.69) is 0 Å². The van der Waals surface area contributed by atoms with E-state index in [-0.39, 0.29) is 5.91 Å². The zero-order chi connectivity index (χ0) is 12.1. The Labute approximate surface area is 95.4 Å². The number of amides is 1. The largest absolute Gasteiger partial charge is 0.479 e. The van der Waals surface area contributed by atoms with Crippen LogP contribution in [0.1, 0.15) is 33.1 Å². The molecule has 0 bridgehead atoms. The molecule has 0 saturated carbocycles. The van der Waals surface area contributed by atoms with E-state index in [0.29, 0.717) is 25.9 Å². The minimum atomic E-state index is -0.978. The van der Waals surface area contributed by atoms with Gasteiger partial charge >= 0.3 is 5.97 Å². The molecule has 1 fully saturated rings. The summed E-state index contributed by atoms with van der Waals surface area (Å²) in [7, 11) is 0. The second-order valence-electron chi connectivity index (χ2n) is 3.95. The van der Waals surface area contributed by atoms with Crippen LogP contribution in [0.2, 0.25) is 0 Å². The summed E-state index contributed by atoms with van der Waals surface area (Å²) in [5.74, 6) is -1.05. The summed E-state index contributed by atoms with van der Waals surface area (Å²) in [5.41, 5.74) is 0. The topological polar surface area (TPSA) is 66.8 Å². The third-order valence-corrected chi connectivity index (χ3v) is 2.76. The Balaban J connectivity index is 2.52. The molecule has 0 aromatic carbocycles. The van der Waals surface area contributed by atoms with Gasteiger partial charge in [-0.3, -0.25) is 4.79 Å². The van der Waals surface area contributed by atoms with Crippen LogP contribution in [0.3, 0.4) is 0 Å². The molecule has 1 amide bonds. The quantitative estimate of drug-likeness (QED) is 0.759. The van der Waals surface area contributed by atoms with Gasteiger partial charge in [-0.05, 0) is 26.2 Å². The minimum absolute atomic E-state index is 0.0758. The van der Waals surface area contributed by atoms with Crippen molar-refractivity contribution in [3.63, 3.8) is 0 Å². The maximum absolute atomic E-state index is 11.9. The number of carbonyl (C=O) groups excluding carboxylic acids is 1. The van der Waals surface area contributed by atoms with Gasteiger partial charge in [0.1, 0.15) is 6.10 Å². The number of nitrogens with zero attached hydrogens (tertiary/aromatic N) is 1. The van der Waals surface area contributed by atoms with Crippen molar-refractivity contribution < 1.29 is 19.4 Å². The fraction of sp³-hybridized carbons (Fsp3) is 0.818. The van der Waals surface area contributed by atoms with Gasteiger partial charge in [0.15, 0.2) is 6.10 Å². The lowest BCUT2D eigenvalue weighted by Crippen LogP contribution is -2.40. The molecule has 1 aliphatic rings. The van der Waals surface area contributed by atoms with Crippen LogP contribution in [0.4, 0.5) is 0 Å². The fourth-order valence-electron chi connectivity index (χ4n) is 1.90. The zero-order valence-electron chi connectivity index (χ0n) is 9.81. The maximum atomic E-state index is 11.9. The van der Waals surface area contributed by atoms with Crippen LogP contribution >= 0.6 is 0 Å². The predicted molar refractivity (Wildman–Crippen MR) is 58.1 cm³/mol. The van der Waals surface area contributed by atoms with E-state index in [4.69, 9.17) is 9.84 Å². The van der Waals surface area contributed by atoms with Gasteiger partial charge in [-0.25, -0.2) is 4.79 Å². The maximum Gasteiger partial charge on any atom is 0.332 e. The third-order valence-electron chi connectivity index (χ3n) is 2.76. The predicted octanol–water partition coefficient (Wildman–Crippen LogP) is 0.877. The molecule has 2 atom stereocenters. The second-order valence-corrected chi connectivity index (χ2v) is 3.95. The Morgan fingerprint density at radius 1 is 1.31 bits per heavy atom. The van der Waals surface area contributed by atoms with E-state index in [0.717, 1.165) is 6.42 Å². The van der Waals surface area contributed by atoms with Crippen LogP contribution in [-0.2, 0) is 14.3 Å². The normalized spacial score (nSPS) is 24.4. The van der Waals surface area contributed by atoms with Crippen molar-refractivity contribution in [2.45, 2.75) is 45.3 Å². The molecule has 0 radical (unpaired) electrons. The first kappa shape index (κ1) is 13.0. The lowest BCUT2D eigenvalue weighted by atomic mass is 10.2. The first-order valence-electron chi connectivity index (χ1n) is 5.77. The smallest absolute Gasteiger partial charge is 0.332 e. The van der Waals surface area contributed by atoms with Crippen molar-refractivity contribution in [2.75, 3.05) is 13.1 Å². The number of aliphatic carboxylic acids is 1. The molecule has 1 heterocycles. The van der Waals surface area contributed by atoms with Crippen molar-refractivity contribution in [3.8, 4) is 0 Å². The first-order valence-corrected chi connectivity index (χ1v) is 5.77. The standard InChI is InChI=1S/C11H19NO4/c1-3-7-12(4-2)10(13)8-5-6-9(16-8)11(14)15/h8-9H,3-7H2,1-2H3,(H,14,15)/t8-,9+/m0/s1. The highest BCUT2D eigenvalue weighted by Crippen LogP contribution is 2.21. The van der Waals surface area contributed by atoms with Gasteiger partial charge in [-0.2, -0.15) is 0 Å². The lowest BCUT2D eigenvalue weighted by Gasteiger charge is -2.23. The van der Waals surface area contributed by atoms with Gasteiger partial charge < -0.3 is 14.7 Å². The van der Waals surface area contributed by atoms with Gasteiger partial charge in [0.05, 0.1) is 0 Å². The van der Waals surface area contributed by atoms with Gasteiger partial charge in [0.2, 0.25) is 0 Å². The lowest BCUT2D eigenvalue weighted by molar-refractivity contribution is -0.154. The highest BCUT2D eigenvalue weighted by molar-refractivity contribution is 5.82. The minimum Gasteiger partial charge on any atom is -0.479 e. The molecule has 5 heteroatoms. The van der Waals surface area contributed by atoms with E-state index in [1.54, 1.807) is 4.90 Å². The number of hydrogen-bond acceptors (Lipinski definition) is 3. The molecule has 92 valence electrons. The molecule has 0 aromatic rings. The average Bonchev–Trinajstić information content (AvgIpc) is 2.74. The number of carbonyl (C=O) groups is 2. The van der Waals surface area contributed by atoms with Crippen molar-refractivity contribution in [2.24, 2.45) is 0 Å². The number of rotatable bonds is 5. The Bertz CT molecular complexity index is 267. The molecule has 0 unspecified atom stereocenters. The third kappa shape index (κ3) is 2.95. The number of likely N-dealkylation sites (N-methyl/N-ethyl adjacent to an activating group) is 1. The molecule has 1 aliphatic heterocycles. The molecule has 0 spiro atoms. The van der Waals surface area contributed by atoms with E-state index in [1.807, 2.05) is 13.8 Å². The molecule has 1 N–H and O–H groups in total. The molecule has 1 rings (SSSR count). The van der Waals surface area contributed by atoms with Crippen molar-refractivity contribution >= 4 is 11.9 Å². The van der Waals surface area contributed by atoms with Crippen molar-refractivity contribution in [3.05, 3.63) is 0 Å². The molecule has 0 aromatic heterocycles. The molecule has 16 heavy (non-hydrogen) atoms. The summed E-state index contributed by atoms with van der Waals surface area (Å²) in [6.45, 7) is 5.26. The summed E-state index contributed by atoms with van der Waals surface area (Å²) in [6.07, 6.45) is 0.460. The van der Waals surface area contributed by atoms with Crippen LogP contribution in [-0.4, -0.2) is 47.2 Å². The summed E-state index contributed by atoms with van der Waals surface area (Å²) in [6, 6.07) is 0. The Kier molecular flexibility index (Phi) is 4.73. The highest BCUT2D eigenvalue weighted by Gasteiger charge is 2.36. The van der Waals surface area contributed by atoms with Crippen LogP contribution in [0, 0.1) is 0 Å². The fourth-order valence-corrected chi connectivity index (χ4v) is 1.90. The summed E-state index contributed by atoms with van der Waals surface area (Å²) < 4.78 is 5.22. The number of carboxylic acid groups (broad SMARTS) is 1. The van der Waals surface area contributed by atoms with Crippen LogP contribution in [0.5, 0.6) is 0 Å². The summed E-state index contributed by atoms with van der Waals surface area (Å²) >= 11 is 0. The van der Waals surface area contributed by atoms with E-state index >= 15 is 0 Å². The molecular formula is C11H19NO4. The van der Waals surface area contributed by atoms with E-state index in [1.165, 1.54) is 0 Å². The van der Waals surface area contributed by atoms with Crippen LogP contribution in [0.15, 0.2) is 0 Å². The summed E-state index contributed by atoms with van der Waals surface area (Å²) in [5, 5.41) is 8.76. The Morgan fingerprint density at radius 2 is 1.94 bits per heavy atom. The molecule has 5 nitrogen and oxygen atoms in total.